The zero-order valence-electron chi connectivity index (χ0n) is 11.8. The maximum Gasteiger partial charge on any atom is 0.126 e. The van der Waals surface area contributed by atoms with E-state index >= 15 is 0 Å². The Morgan fingerprint density at radius 1 is 1.16 bits per heavy atom. The molecule has 1 aromatic carbocycles. The van der Waals surface area contributed by atoms with E-state index in [2.05, 4.69) is 31.3 Å². The number of rotatable bonds is 4. The predicted molar refractivity (Wildman–Crippen MR) is 81.1 cm³/mol. The molecular formula is C16H20FNS. The van der Waals surface area contributed by atoms with Gasteiger partial charge in [0.15, 0.2) is 0 Å². The Hall–Kier alpha value is -1.19. The van der Waals surface area contributed by atoms with Gasteiger partial charge in [-0.1, -0.05) is 19.9 Å². The van der Waals surface area contributed by atoms with Crippen LogP contribution in [0, 0.1) is 18.7 Å². The van der Waals surface area contributed by atoms with E-state index in [-0.39, 0.29) is 5.82 Å². The standard InChI is InChI=1S/C16H20FNS/c1-10(2)16(18-4)15-8-7-14(19-15)12-5-6-13(17)11(3)9-12/h5-10,16,18H,1-4H3. The third-order valence-electron chi connectivity index (χ3n) is 3.35. The lowest BCUT2D eigenvalue weighted by molar-refractivity contribution is 0.449. The average molecular weight is 277 g/mol. The molecule has 1 unspecified atom stereocenters. The molecule has 1 nitrogen and oxygen atoms in total. The first-order valence-corrected chi connectivity index (χ1v) is 7.38. The van der Waals surface area contributed by atoms with Gasteiger partial charge in [-0.3, -0.25) is 0 Å². The second-order valence-corrected chi connectivity index (χ2v) is 6.29. The third-order valence-corrected chi connectivity index (χ3v) is 4.57. The Kier molecular flexibility index (Phi) is 4.38. The molecule has 0 fully saturated rings. The lowest BCUT2D eigenvalue weighted by Gasteiger charge is -2.18. The zero-order chi connectivity index (χ0) is 14.0. The first-order chi connectivity index (χ1) is 9.02. The topological polar surface area (TPSA) is 12.0 Å². The van der Waals surface area contributed by atoms with Crippen LogP contribution >= 0.6 is 11.3 Å². The Labute approximate surface area is 118 Å². The smallest absolute Gasteiger partial charge is 0.126 e. The first-order valence-electron chi connectivity index (χ1n) is 6.56. The van der Waals surface area contributed by atoms with Crippen LogP contribution < -0.4 is 5.32 Å². The monoisotopic (exact) mass is 277 g/mol. The van der Waals surface area contributed by atoms with E-state index in [4.69, 9.17) is 0 Å². The molecule has 0 aliphatic rings. The van der Waals surface area contributed by atoms with Crippen molar-refractivity contribution in [1.29, 1.82) is 0 Å². The summed E-state index contributed by atoms with van der Waals surface area (Å²) in [6.45, 7) is 6.23. The minimum atomic E-state index is -0.143. The quantitative estimate of drug-likeness (QED) is 0.848. The highest BCUT2D eigenvalue weighted by Crippen LogP contribution is 2.34. The summed E-state index contributed by atoms with van der Waals surface area (Å²) in [4.78, 5) is 2.52. The lowest BCUT2D eigenvalue weighted by atomic mass is 10.0. The van der Waals surface area contributed by atoms with E-state index < -0.39 is 0 Å². The van der Waals surface area contributed by atoms with Crippen LogP contribution in [-0.2, 0) is 0 Å². The van der Waals surface area contributed by atoms with Gasteiger partial charge in [-0.2, -0.15) is 0 Å². The molecule has 0 radical (unpaired) electrons. The van der Waals surface area contributed by atoms with Crippen molar-refractivity contribution in [1.82, 2.24) is 5.32 Å². The average Bonchev–Trinajstić information content (AvgIpc) is 2.82. The van der Waals surface area contributed by atoms with E-state index in [1.54, 1.807) is 24.3 Å². The Morgan fingerprint density at radius 3 is 2.47 bits per heavy atom. The molecule has 2 aromatic rings. The van der Waals surface area contributed by atoms with Crippen molar-refractivity contribution in [3.63, 3.8) is 0 Å². The molecule has 0 bridgehead atoms. The van der Waals surface area contributed by atoms with Gasteiger partial charge in [0.1, 0.15) is 5.82 Å². The zero-order valence-corrected chi connectivity index (χ0v) is 12.6. The van der Waals surface area contributed by atoms with Crippen molar-refractivity contribution in [2.24, 2.45) is 5.92 Å². The third kappa shape index (κ3) is 3.04. The Bertz CT molecular complexity index is 560. The first kappa shape index (κ1) is 14.2. The summed E-state index contributed by atoms with van der Waals surface area (Å²) in [6.07, 6.45) is 0. The molecule has 0 aliphatic heterocycles. The van der Waals surface area contributed by atoms with Crippen LogP contribution in [0.2, 0.25) is 0 Å². The summed E-state index contributed by atoms with van der Waals surface area (Å²) >= 11 is 1.78. The van der Waals surface area contributed by atoms with Gasteiger partial charge < -0.3 is 5.32 Å². The van der Waals surface area contributed by atoms with Gasteiger partial charge >= 0.3 is 0 Å². The highest BCUT2D eigenvalue weighted by Gasteiger charge is 2.16. The second kappa shape index (κ2) is 5.85. The molecule has 3 heteroatoms. The molecule has 0 saturated heterocycles. The van der Waals surface area contributed by atoms with Crippen molar-refractivity contribution in [3.8, 4) is 10.4 Å². The second-order valence-electron chi connectivity index (χ2n) is 5.18. The van der Waals surface area contributed by atoms with Crippen LogP contribution in [0.15, 0.2) is 30.3 Å². The summed E-state index contributed by atoms with van der Waals surface area (Å²) in [5.41, 5.74) is 1.79. The van der Waals surface area contributed by atoms with Crippen LogP contribution in [0.4, 0.5) is 4.39 Å². The van der Waals surface area contributed by atoms with Crippen molar-refractivity contribution in [2.75, 3.05) is 7.05 Å². The molecule has 19 heavy (non-hydrogen) atoms. The molecule has 0 aliphatic carbocycles. The SMILES string of the molecule is CNC(c1ccc(-c2ccc(F)c(C)c2)s1)C(C)C. The van der Waals surface area contributed by atoms with Crippen LogP contribution in [0.3, 0.4) is 0 Å². The summed E-state index contributed by atoms with van der Waals surface area (Å²) in [7, 11) is 1.99. The van der Waals surface area contributed by atoms with E-state index in [1.165, 1.54) is 9.75 Å². The number of aryl methyl sites for hydroxylation is 1. The molecule has 1 N–H and O–H groups in total. The van der Waals surface area contributed by atoms with Gasteiger partial charge in [-0.25, -0.2) is 4.39 Å². The van der Waals surface area contributed by atoms with Crippen LogP contribution in [0.5, 0.6) is 0 Å². The van der Waals surface area contributed by atoms with Gasteiger partial charge in [-0.05, 0) is 55.3 Å². The molecule has 1 heterocycles. The molecule has 1 aromatic heterocycles. The number of thiophene rings is 1. The number of halogens is 1. The van der Waals surface area contributed by atoms with Gasteiger partial charge in [0.25, 0.3) is 0 Å². The normalized spacial score (nSPS) is 12.9. The summed E-state index contributed by atoms with van der Waals surface area (Å²) in [5, 5.41) is 3.35. The van der Waals surface area contributed by atoms with E-state index in [1.807, 2.05) is 19.2 Å². The number of nitrogens with one attached hydrogen (secondary N) is 1. The van der Waals surface area contributed by atoms with Crippen molar-refractivity contribution in [2.45, 2.75) is 26.8 Å². The molecule has 1 atom stereocenters. The molecule has 102 valence electrons. The fourth-order valence-corrected chi connectivity index (χ4v) is 3.57. The molecule has 0 spiro atoms. The fraction of sp³-hybridized carbons (Fsp3) is 0.375. The highest BCUT2D eigenvalue weighted by molar-refractivity contribution is 7.15. The number of hydrogen-bond acceptors (Lipinski definition) is 2. The Morgan fingerprint density at radius 2 is 1.89 bits per heavy atom. The van der Waals surface area contributed by atoms with Crippen LogP contribution in [0.25, 0.3) is 10.4 Å². The number of benzene rings is 1. The molecule has 0 amide bonds. The molecule has 2 rings (SSSR count). The lowest BCUT2D eigenvalue weighted by Crippen LogP contribution is -2.20. The van der Waals surface area contributed by atoms with Crippen molar-refractivity contribution >= 4 is 11.3 Å². The summed E-state index contributed by atoms with van der Waals surface area (Å²) in [5.74, 6) is 0.405. The minimum absolute atomic E-state index is 0.143. The predicted octanol–water partition coefficient (Wildman–Crippen LogP) is 4.78. The van der Waals surface area contributed by atoms with Gasteiger partial charge in [0.2, 0.25) is 0 Å². The largest absolute Gasteiger partial charge is 0.312 e. The van der Waals surface area contributed by atoms with E-state index in [9.17, 15) is 4.39 Å². The van der Waals surface area contributed by atoms with Crippen LogP contribution in [0.1, 0.15) is 30.3 Å². The van der Waals surface area contributed by atoms with E-state index in [0.29, 0.717) is 17.5 Å². The van der Waals surface area contributed by atoms with Gasteiger partial charge in [-0.15, -0.1) is 11.3 Å². The van der Waals surface area contributed by atoms with E-state index in [0.717, 1.165) is 5.56 Å². The molecular weight excluding hydrogens is 257 g/mol. The van der Waals surface area contributed by atoms with Crippen molar-refractivity contribution in [3.05, 3.63) is 46.6 Å². The summed E-state index contributed by atoms with van der Waals surface area (Å²) in [6, 6.07) is 9.97. The number of hydrogen-bond donors (Lipinski definition) is 1. The fourth-order valence-electron chi connectivity index (χ4n) is 2.28. The van der Waals surface area contributed by atoms with Gasteiger partial charge in [0, 0.05) is 15.8 Å². The molecule has 0 saturated carbocycles. The minimum Gasteiger partial charge on any atom is -0.312 e. The van der Waals surface area contributed by atoms with Crippen molar-refractivity contribution < 1.29 is 4.39 Å². The Balaban J connectivity index is 2.32. The van der Waals surface area contributed by atoms with Gasteiger partial charge in [0.05, 0.1) is 0 Å². The summed E-state index contributed by atoms with van der Waals surface area (Å²) < 4.78 is 13.3. The maximum atomic E-state index is 13.3. The maximum absolute atomic E-state index is 13.3. The van der Waals surface area contributed by atoms with Crippen LogP contribution in [-0.4, -0.2) is 7.05 Å². The highest BCUT2D eigenvalue weighted by atomic mass is 32.1.